The lowest BCUT2D eigenvalue weighted by Gasteiger charge is -2.32. The Kier molecular flexibility index (Phi) is 11.9. The molecular weight excluding hydrogens is 811 g/mol. The van der Waals surface area contributed by atoms with E-state index in [9.17, 15) is 24.0 Å². The second-order valence-corrected chi connectivity index (χ2v) is 16.3. The van der Waals surface area contributed by atoms with Crippen molar-refractivity contribution < 1.29 is 37.5 Å². The molecule has 9 rings (SSSR count). The summed E-state index contributed by atoms with van der Waals surface area (Å²) in [6.45, 7) is 3.71. The van der Waals surface area contributed by atoms with E-state index in [0.29, 0.717) is 98.5 Å². The van der Waals surface area contributed by atoms with E-state index in [2.05, 4.69) is 27.2 Å². The molecule has 4 aliphatic rings. The van der Waals surface area contributed by atoms with Crippen molar-refractivity contribution in [1.82, 2.24) is 39.8 Å². The van der Waals surface area contributed by atoms with E-state index in [1.54, 1.807) is 36.7 Å². The second kappa shape index (κ2) is 18.0. The lowest BCUT2D eigenvalue weighted by molar-refractivity contribution is -0.136. The molecule has 5 aromatic rings. The lowest BCUT2D eigenvalue weighted by Crippen LogP contribution is -2.54. The van der Waals surface area contributed by atoms with E-state index in [1.807, 2.05) is 26.7 Å². The number of rotatable bonds is 10. The van der Waals surface area contributed by atoms with Crippen molar-refractivity contribution >= 4 is 40.6 Å². The summed E-state index contributed by atoms with van der Waals surface area (Å²) in [5, 5.41) is 6.84. The van der Waals surface area contributed by atoms with Gasteiger partial charge in [-0.1, -0.05) is 24.0 Å². The number of aromatic nitrogens is 4. The van der Waals surface area contributed by atoms with Gasteiger partial charge in [-0.05, 0) is 74.1 Å². The number of likely N-dealkylation sites (tertiary alicyclic amines) is 1. The van der Waals surface area contributed by atoms with Gasteiger partial charge in [0.15, 0.2) is 0 Å². The Balaban J connectivity index is 0.758. The molecule has 16 heteroatoms. The molecule has 0 saturated carbocycles. The van der Waals surface area contributed by atoms with Crippen LogP contribution in [0, 0.1) is 23.5 Å². The van der Waals surface area contributed by atoms with Gasteiger partial charge in [-0.15, -0.1) is 0 Å². The average Bonchev–Trinajstić information content (AvgIpc) is 3.88. The zero-order chi connectivity index (χ0) is 43.6. The number of nitrogens with one attached hydrogen (secondary N) is 1. The van der Waals surface area contributed by atoms with Crippen LogP contribution < -0.4 is 5.32 Å². The van der Waals surface area contributed by atoms with E-state index >= 15 is 8.78 Å². The van der Waals surface area contributed by atoms with E-state index in [1.165, 1.54) is 18.2 Å². The number of carbonyl (C=O) groups excluding carboxylic acids is 5. The maximum Gasteiger partial charge on any atom is 0.262 e. The third-order valence-corrected chi connectivity index (χ3v) is 12.2. The van der Waals surface area contributed by atoms with E-state index in [-0.39, 0.29) is 48.0 Å². The summed E-state index contributed by atoms with van der Waals surface area (Å²) < 4.78 is 38.1. The number of amides is 5. The van der Waals surface area contributed by atoms with Gasteiger partial charge in [-0.2, -0.15) is 5.10 Å². The number of ether oxygens (including phenoxy) is 1. The number of carbonyl (C=O) groups is 5. The molecular formula is C47H44F2N8O6. The number of nitrogens with zero attached hydrogens (tertiary/aromatic N) is 7. The molecule has 0 spiro atoms. The number of unbranched alkanes of at least 4 members (excludes halogenated alkanes) is 2. The predicted octanol–water partition coefficient (Wildman–Crippen LogP) is 5.45. The van der Waals surface area contributed by atoms with Crippen LogP contribution in [-0.4, -0.2) is 109 Å². The fourth-order valence-electron chi connectivity index (χ4n) is 8.71. The number of hydrogen-bond acceptors (Lipinski definition) is 10. The maximum absolute atomic E-state index is 15.4. The van der Waals surface area contributed by atoms with E-state index < -0.39 is 41.3 Å². The summed E-state index contributed by atoms with van der Waals surface area (Å²) in [6.07, 6.45) is 9.31. The molecule has 5 amide bonds. The standard InChI is InChI=1S/C47H44F2N8O6/c48-37-23-30(24-38(49)36(37)28-54-18-20-63-21-19-54)33-7-5-8-39-44(33)52-40(26-50-39)31-25-51-56(27-31)32-14-16-55(17-15-32)43(59)9-4-2-1-3-6-29-10-11-34-35(22-29)47(62)57(46(34)61)41-12-13-42(58)53-45(41)60/h5,7-8,10-11,22-27,32,41H,1-2,4,9,12-21,28H2,(H,53,58,60). The van der Waals surface area contributed by atoms with Crippen LogP contribution in [0.4, 0.5) is 8.78 Å². The number of imide groups is 2. The molecule has 3 aromatic carbocycles. The van der Waals surface area contributed by atoms with Gasteiger partial charge in [0.25, 0.3) is 11.8 Å². The summed E-state index contributed by atoms with van der Waals surface area (Å²) in [4.78, 5) is 77.4. The Hall–Kier alpha value is -6.70. The highest BCUT2D eigenvalue weighted by Gasteiger charge is 2.44. The van der Waals surface area contributed by atoms with Gasteiger partial charge >= 0.3 is 0 Å². The molecule has 0 aliphatic carbocycles. The molecule has 4 aliphatic heterocycles. The Labute approximate surface area is 361 Å². The van der Waals surface area contributed by atoms with Gasteiger partial charge in [0, 0.05) is 80.4 Å². The van der Waals surface area contributed by atoms with Crippen molar-refractivity contribution in [3.05, 3.63) is 101 Å². The fourth-order valence-corrected chi connectivity index (χ4v) is 8.71. The van der Waals surface area contributed by atoms with Crippen molar-refractivity contribution in [2.24, 2.45) is 0 Å². The third-order valence-electron chi connectivity index (χ3n) is 12.2. The number of para-hydroxylation sites is 1. The molecule has 6 heterocycles. The van der Waals surface area contributed by atoms with Gasteiger partial charge in [-0.3, -0.25) is 48.8 Å². The Morgan fingerprint density at radius 3 is 2.41 bits per heavy atom. The molecule has 1 N–H and O–H groups in total. The molecule has 0 radical (unpaired) electrons. The molecule has 2 aromatic heterocycles. The SMILES string of the molecule is O=C1CCC(N2C(=O)c3ccc(C#CCCCCC(=O)N4CCC(n5cc(-c6cnc7cccc(-c8cc(F)c(CN9CCOCC9)c(F)c8)c7n6)cn5)CC4)cc3C2=O)C(=O)N1. The Bertz CT molecular complexity index is 2690. The van der Waals surface area contributed by atoms with Crippen LogP contribution >= 0.6 is 0 Å². The predicted molar refractivity (Wildman–Crippen MR) is 226 cm³/mol. The van der Waals surface area contributed by atoms with Crippen LogP contribution in [-0.2, 0) is 25.7 Å². The number of benzene rings is 3. The maximum atomic E-state index is 15.4. The van der Waals surface area contributed by atoms with Gasteiger partial charge < -0.3 is 9.64 Å². The molecule has 322 valence electrons. The van der Waals surface area contributed by atoms with Crippen molar-refractivity contribution in [2.45, 2.75) is 70.0 Å². The topological polar surface area (TPSA) is 160 Å². The number of fused-ring (bicyclic) bond motifs is 2. The first kappa shape index (κ1) is 41.6. The minimum atomic E-state index is -1.02. The highest BCUT2D eigenvalue weighted by molar-refractivity contribution is 6.23. The van der Waals surface area contributed by atoms with Crippen LogP contribution in [0.3, 0.4) is 0 Å². The Morgan fingerprint density at radius 2 is 1.63 bits per heavy atom. The summed E-state index contributed by atoms with van der Waals surface area (Å²) in [7, 11) is 0. The lowest BCUT2D eigenvalue weighted by atomic mass is 10.0. The summed E-state index contributed by atoms with van der Waals surface area (Å²) in [5.74, 6) is 2.81. The van der Waals surface area contributed by atoms with Gasteiger partial charge in [-0.25, -0.2) is 13.8 Å². The monoisotopic (exact) mass is 854 g/mol. The zero-order valence-electron chi connectivity index (χ0n) is 34.4. The van der Waals surface area contributed by atoms with Crippen molar-refractivity contribution in [3.8, 4) is 34.2 Å². The van der Waals surface area contributed by atoms with Crippen molar-refractivity contribution in [1.29, 1.82) is 0 Å². The summed E-state index contributed by atoms with van der Waals surface area (Å²) in [6, 6.07) is 12.0. The van der Waals surface area contributed by atoms with Crippen LogP contribution in [0.25, 0.3) is 33.4 Å². The van der Waals surface area contributed by atoms with Crippen LogP contribution in [0.5, 0.6) is 0 Å². The minimum absolute atomic E-state index is 0.0361. The number of morpholine rings is 1. The first-order chi connectivity index (χ1) is 30.6. The Morgan fingerprint density at radius 1 is 0.857 bits per heavy atom. The van der Waals surface area contributed by atoms with Crippen molar-refractivity contribution in [3.63, 3.8) is 0 Å². The molecule has 63 heavy (non-hydrogen) atoms. The quantitative estimate of drug-likeness (QED) is 0.109. The van der Waals surface area contributed by atoms with Crippen LogP contribution in [0.2, 0.25) is 0 Å². The number of hydrogen-bond donors (Lipinski definition) is 1. The number of piperidine rings is 2. The van der Waals surface area contributed by atoms with Crippen LogP contribution in [0.15, 0.2) is 67.1 Å². The van der Waals surface area contributed by atoms with Gasteiger partial charge in [0.2, 0.25) is 17.7 Å². The fraction of sp³-hybridized carbons (Fsp3) is 0.362. The van der Waals surface area contributed by atoms with Crippen LogP contribution in [0.1, 0.15) is 89.3 Å². The van der Waals surface area contributed by atoms with Gasteiger partial charge in [0.05, 0.1) is 59.5 Å². The first-order valence-electron chi connectivity index (χ1n) is 21.3. The molecule has 14 nitrogen and oxygen atoms in total. The summed E-state index contributed by atoms with van der Waals surface area (Å²) in [5.41, 5.74) is 4.42. The highest BCUT2D eigenvalue weighted by atomic mass is 19.1. The van der Waals surface area contributed by atoms with Crippen molar-refractivity contribution in [2.75, 3.05) is 39.4 Å². The molecule has 3 saturated heterocycles. The molecule has 1 atom stereocenters. The smallest absolute Gasteiger partial charge is 0.262 e. The summed E-state index contributed by atoms with van der Waals surface area (Å²) >= 11 is 0. The van der Waals surface area contributed by atoms with E-state index in [0.717, 1.165) is 23.3 Å². The van der Waals surface area contributed by atoms with E-state index in [4.69, 9.17) is 9.72 Å². The number of halogens is 2. The minimum Gasteiger partial charge on any atom is -0.379 e. The molecule has 3 fully saturated rings. The average molecular weight is 855 g/mol. The largest absolute Gasteiger partial charge is 0.379 e. The first-order valence-corrected chi connectivity index (χ1v) is 21.3. The molecule has 1 unspecified atom stereocenters. The molecule has 0 bridgehead atoms. The second-order valence-electron chi connectivity index (χ2n) is 16.3. The third kappa shape index (κ3) is 8.71. The zero-order valence-corrected chi connectivity index (χ0v) is 34.4. The van der Waals surface area contributed by atoms with Gasteiger partial charge in [0.1, 0.15) is 17.7 Å². The highest BCUT2D eigenvalue weighted by Crippen LogP contribution is 2.33. The normalized spacial score (nSPS) is 18.4.